The van der Waals surface area contributed by atoms with Gasteiger partial charge in [0.25, 0.3) is 0 Å². The lowest BCUT2D eigenvalue weighted by Gasteiger charge is -2.29. The minimum absolute atomic E-state index is 0.0783. The Kier molecular flexibility index (Phi) is 4.70. The quantitative estimate of drug-likeness (QED) is 0.475. The molecule has 28 heavy (non-hydrogen) atoms. The number of fused-ring (bicyclic) bond motifs is 1. The van der Waals surface area contributed by atoms with Gasteiger partial charge in [0, 0.05) is 27.8 Å². The van der Waals surface area contributed by atoms with Crippen LogP contribution in [-0.4, -0.2) is 17.5 Å². The number of aryl methyl sites for hydroxylation is 1. The van der Waals surface area contributed by atoms with Crippen LogP contribution in [0, 0.1) is 12.3 Å². The lowest BCUT2D eigenvalue weighted by Crippen LogP contribution is -2.28. The van der Waals surface area contributed by atoms with Crippen LogP contribution in [0.3, 0.4) is 0 Å². The highest BCUT2D eigenvalue weighted by atomic mass is 79.9. The minimum atomic E-state index is -0.0783. The molecular weight excluding hydrogens is 414 g/mol. The maximum Gasteiger partial charge on any atom is 0.169 e. The van der Waals surface area contributed by atoms with E-state index in [1.807, 2.05) is 12.1 Å². The number of Topliss-reactive ketones (excluding diaryl/α,β-unsaturated/α-hetero) is 1. The molecule has 0 N–H and O–H groups in total. The van der Waals surface area contributed by atoms with Crippen molar-refractivity contribution in [3.8, 4) is 22.7 Å². The Morgan fingerprint density at radius 1 is 1.00 bits per heavy atom. The first-order valence-electron chi connectivity index (χ1n) is 9.48. The van der Waals surface area contributed by atoms with Gasteiger partial charge in [-0.2, -0.15) is 0 Å². The Labute approximate surface area is 174 Å². The van der Waals surface area contributed by atoms with Crippen LogP contribution in [0.4, 0.5) is 0 Å². The number of nitrogens with zero attached hydrogens (tertiary/aromatic N) is 1. The van der Waals surface area contributed by atoms with E-state index in [0.717, 1.165) is 39.1 Å². The normalized spacial score (nSPS) is 15.4. The highest BCUT2D eigenvalue weighted by Gasteiger charge is 2.38. The van der Waals surface area contributed by atoms with Gasteiger partial charge in [-0.15, -0.1) is 0 Å². The number of ether oxygens (including phenoxy) is 1. The second-order valence-electron chi connectivity index (χ2n) is 8.32. The maximum atomic E-state index is 13.1. The highest BCUT2D eigenvalue weighted by molar-refractivity contribution is 9.10. The van der Waals surface area contributed by atoms with Crippen LogP contribution in [-0.2, 0) is 6.42 Å². The molecule has 2 aromatic carbocycles. The smallest absolute Gasteiger partial charge is 0.169 e. The van der Waals surface area contributed by atoms with Crippen molar-refractivity contribution in [1.82, 2.24) is 4.57 Å². The molecule has 4 rings (SSSR count). The van der Waals surface area contributed by atoms with E-state index in [-0.39, 0.29) is 11.2 Å². The highest BCUT2D eigenvalue weighted by Crippen LogP contribution is 2.47. The first-order chi connectivity index (χ1) is 13.3. The summed E-state index contributed by atoms with van der Waals surface area (Å²) in [5.74, 6) is 0.842. The molecule has 0 amide bonds. The van der Waals surface area contributed by atoms with Crippen LogP contribution in [0.25, 0.3) is 16.9 Å². The molecule has 0 atom stereocenters. The fraction of sp³-hybridized carbons (Fsp3) is 0.292. The number of hydrogen-bond donors (Lipinski definition) is 0. The average Bonchev–Trinajstić information content (AvgIpc) is 2.96. The lowest BCUT2D eigenvalue weighted by atomic mass is 9.76. The first-order valence-corrected chi connectivity index (χ1v) is 10.3. The molecule has 0 bridgehead atoms. The van der Waals surface area contributed by atoms with Crippen LogP contribution in [0.2, 0.25) is 0 Å². The molecule has 0 saturated heterocycles. The largest absolute Gasteiger partial charge is 0.494 e. The van der Waals surface area contributed by atoms with Gasteiger partial charge in [0.05, 0.1) is 18.4 Å². The molecule has 0 radical (unpaired) electrons. The minimum Gasteiger partial charge on any atom is -0.494 e. The lowest BCUT2D eigenvalue weighted by molar-refractivity contribution is 0.0908. The van der Waals surface area contributed by atoms with Gasteiger partial charge in [-0.1, -0.05) is 59.6 Å². The summed E-state index contributed by atoms with van der Waals surface area (Å²) >= 11 is 3.52. The van der Waals surface area contributed by atoms with Crippen molar-refractivity contribution < 1.29 is 9.53 Å². The zero-order valence-electron chi connectivity index (χ0n) is 16.7. The van der Waals surface area contributed by atoms with Crippen molar-refractivity contribution in [2.24, 2.45) is 5.41 Å². The van der Waals surface area contributed by atoms with E-state index in [9.17, 15) is 4.79 Å². The third-order valence-corrected chi connectivity index (χ3v) is 5.93. The first kappa shape index (κ1) is 19.0. The zero-order valence-corrected chi connectivity index (χ0v) is 18.3. The van der Waals surface area contributed by atoms with Gasteiger partial charge in [-0.25, -0.2) is 0 Å². The number of halogens is 1. The molecule has 3 aromatic rings. The summed E-state index contributed by atoms with van der Waals surface area (Å²) in [6.45, 7) is 6.39. The molecular formula is C24H24BrNO2. The zero-order chi connectivity index (χ0) is 20.1. The topological polar surface area (TPSA) is 31.2 Å². The average molecular weight is 438 g/mol. The number of methoxy groups -OCH3 is 1. The van der Waals surface area contributed by atoms with E-state index in [0.29, 0.717) is 12.2 Å². The maximum absolute atomic E-state index is 13.1. The van der Waals surface area contributed by atoms with Crippen molar-refractivity contribution in [3.63, 3.8) is 0 Å². The fourth-order valence-corrected chi connectivity index (χ4v) is 4.40. The van der Waals surface area contributed by atoms with Gasteiger partial charge in [-0.3, -0.25) is 4.79 Å². The fourth-order valence-electron chi connectivity index (χ4n) is 4.14. The van der Waals surface area contributed by atoms with Gasteiger partial charge < -0.3 is 9.30 Å². The van der Waals surface area contributed by atoms with Crippen LogP contribution in [0.5, 0.6) is 5.75 Å². The standard InChI is InChI=1S/C24H24BrNO2/c1-15-5-7-16(8-6-15)22-23(28-4)21-19(13-24(2,3)14-20(21)27)26(22)18-11-9-17(25)10-12-18/h5-12H,13-14H2,1-4H3. The van der Waals surface area contributed by atoms with Gasteiger partial charge in [0.1, 0.15) is 0 Å². The van der Waals surface area contributed by atoms with Gasteiger partial charge in [0.15, 0.2) is 11.5 Å². The Bertz CT molecular complexity index is 1040. The SMILES string of the molecule is COc1c2c(n(-c3ccc(Br)cc3)c1-c1ccc(C)cc1)CC(C)(C)CC2=O. The predicted octanol–water partition coefficient (Wildman–Crippen LogP) is 6.38. The molecule has 1 heterocycles. The van der Waals surface area contributed by atoms with Crippen molar-refractivity contribution in [1.29, 1.82) is 0 Å². The number of rotatable bonds is 3. The Morgan fingerprint density at radius 3 is 2.25 bits per heavy atom. The van der Waals surface area contributed by atoms with Gasteiger partial charge in [-0.05, 0) is 43.0 Å². The molecule has 0 saturated carbocycles. The number of benzene rings is 2. The Morgan fingerprint density at radius 2 is 1.64 bits per heavy atom. The Hall–Kier alpha value is -2.33. The van der Waals surface area contributed by atoms with E-state index in [1.54, 1.807) is 7.11 Å². The summed E-state index contributed by atoms with van der Waals surface area (Å²) in [7, 11) is 1.66. The third kappa shape index (κ3) is 3.20. The molecule has 144 valence electrons. The van der Waals surface area contributed by atoms with E-state index < -0.39 is 0 Å². The second kappa shape index (κ2) is 6.93. The number of ketones is 1. The molecule has 3 nitrogen and oxygen atoms in total. The Balaban J connectivity index is 2.08. The number of hydrogen-bond acceptors (Lipinski definition) is 2. The predicted molar refractivity (Wildman–Crippen MR) is 117 cm³/mol. The van der Waals surface area contributed by atoms with E-state index in [2.05, 4.69) is 77.7 Å². The van der Waals surface area contributed by atoms with Gasteiger partial charge >= 0.3 is 0 Å². The van der Waals surface area contributed by atoms with Crippen molar-refractivity contribution in [3.05, 3.63) is 69.8 Å². The molecule has 0 aliphatic heterocycles. The molecule has 4 heteroatoms. The summed E-state index contributed by atoms with van der Waals surface area (Å²) in [6, 6.07) is 16.6. The van der Waals surface area contributed by atoms with Crippen molar-refractivity contribution in [2.75, 3.05) is 7.11 Å². The number of aromatic nitrogens is 1. The van der Waals surface area contributed by atoms with Crippen LogP contribution in [0.1, 0.15) is 41.9 Å². The van der Waals surface area contributed by atoms with Crippen LogP contribution < -0.4 is 4.74 Å². The summed E-state index contributed by atoms with van der Waals surface area (Å²) in [5, 5.41) is 0. The molecule has 0 fully saturated rings. The molecule has 0 unspecified atom stereocenters. The van der Waals surface area contributed by atoms with Crippen LogP contribution in [0.15, 0.2) is 53.0 Å². The number of carbonyl (C=O) groups is 1. The summed E-state index contributed by atoms with van der Waals surface area (Å²) < 4.78 is 9.08. The molecule has 1 aliphatic carbocycles. The second-order valence-corrected chi connectivity index (χ2v) is 9.24. The molecule has 1 aromatic heterocycles. The van der Waals surface area contributed by atoms with Crippen LogP contribution >= 0.6 is 15.9 Å². The molecule has 0 spiro atoms. The van der Waals surface area contributed by atoms with E-state index >= 15 is 0 Å². The summed E-state index contributed by atoms with van der Waals surface area (Å²) in [4.78, 5) is 13.1. The van der Waals surface area contributed by atoms with E-state index in [1.165, 1.54) is 5.56 Å². The van der Waals surface area contributed by atoms with Crippen molar-refractivity contribution >= 4 is 21.7 Å². The van der Waals surface area contributed by atoms with Gasteiger partial charge in [0.2, 0.25) is 0 Å². The number of carbonyl (C=O) groups excluding carboxylic acids is 1. The van der Waals surface area contributed by atoms with Crippen molar-refractivity contribution in [2.45, 2.75) is 33.6 Å². The molecule has 1 aliphatic rings. The monoisotopic (exact) mass is 437 g/mol. The van der Waals surface area contributed by atoms with E-state index in [4.69, 9.17) is 4.74 Å². The third-order valence-electron chi connectivity index (χ3n) is 5.40. The summed E-state index contributed by atoms with van der Waals surface area (Å²) in [5.41, 5.74) is 5.92. The summed E-state index contributed by atoms with van der Waals surface area (Å²) in [6.07, 6.45) is 1.36.